The average molecular weight is 1980 g/mol. The number of hydrogen-bond donors (Lipinski definition) is 0. The first-order chi connectivity index (χ1) is 71.6. The Balaban J connectivity index is -0.000000386. The van der Waals surface area contributed by atoms with Crippen LogP contribution in [0.2, 0.25) is 0 Å². The average Bonchev–Trinajstić information content (AvgIpc) is 0.902. The quantitative estimate of drug-likeness (QED) is 0.0360. The molecule has 6 nitrogen and oxygen atoms in total. The maximum atomic E-state index is 5.87. The lowest BCUT2D eigenvalue weighted by Crippen LogP contribution is -2.09. The molecule has 6 heteroatoms. The highest BCUT2D eigenvalue weighted by molar-refractivity contribution is 5.33. The largest absolute Gasteiger partial charge is 0.501 e. The van der Waals surface area contributed by atoms with Gasteiger partial charge >= 0.3 is 0 Å². The lowest BCUT2D eigenvalue weighted by Gasteiger charge is -2.16. The molecule has 0 bridgehead atoms. The van der Waals surface area contributed by atoms with Gasteiger partial charge < -0.3 is 28.4 Å². The molecule has 0 aliphatic heterocycles. The molecule has 0 aliphatic carbocycles. The molecule has 12 rings (SSSR count). The van der Waals surface area contributed by atoms with E-state index in [0.29, 0.717) is 60.6 Å². The molecule has 0 heterocycles. The molecule has 12 aromatic carbocycles. The smallest absolute Gasteiger partial charge is 0.130 e. The van der Waals surface area contributed by atoms with Gasteiger partial charge in [0.15, 0.2) is 0 Å². The molecule has 146 heavy (non-hydrogen) atoms. The molecule has 0 aliphatic rings. The maximum absolute atomic E-state index is 5.87. The fourth-order valence-electron chi connectivity index (χ4n) is 12.3. The van der Waals surface area contributed by atoms with Crippen molar-refractivity contribution < 1.29 is 28.4 Å². The maximum Gasteiger partial charge on any atom is 0.130 e. The second kappa shape index (κ2) is 108. The zero-order chi connectivity index (χ0) is 111. The van der Waals surface area contributed by atoms with E-state index in [1.165, 1.54) is 66.8 Å². The van der Waals surface area contributed by atoms with Gasteiger partial charge in [0, 0.05) is 71.0 Å². The van der Waals surface area contributed by atoms with Crippen LogP contribution in [0.3, 0.4) is 0 Å². The summed E-state index contributed by atoms with van der Waals surface area (Å²) >= 11 is 0. The fourth-order valence-corrected chi connectivity index (χ4v) is 12.3. The summed E-state index contributed by atoms with van der Waals surface area (Å²) in [5, 5.41) is 0. The molecule has 0 radical (unpaired) electrons. The fraction of sp³-hybridized carbons (Fsp3) is 0.371. The Morgan fingerprint density at radius 1 is 0.185 bits per heavy atom. The Kier molecular flexibility index (Phi) is 106. The predicted molar refractivity (Wildman–Crippen MR) is 648 cm³/mol. The lowest BCUT2D eigenvalue weighted by atomic mass is 10.0. The van der Waals surface area contributed by atoms with Gasteiger partial charge in [0.2, 0.25) is 0 Å². The van der Waals surface area contributed by atoms with Crippen LogP contribution in [0.15, 0.2) is 413 Å². The molecule has 0 spiro atoms. The van der Waals surface area contributed by atoms with E-state index in [2.05, 4.69) is 378 Å². The van der Waals surface area contributed by atoms with Crippen LogP contribution in [0.1, 0.15) is 387 Å². The molecule has 0 saturated heterocycles. The first-order valence-corrected chi connectivity index (χ1v) is 54.7. The minimum atomic E-state index is 0.138. The Morgan fingerprint density at radius 3 is 0.596 bits per heavy atom. The van der Waals surface area contributed by atoms with Crippen LogP contribution in [-0.4, -0.2) is 26.4 Å². The monoisotopic (exact) mass is 1970 g/mol. The van der Waals surface area contributed by atoms with Crippen molar-refractivity contribution in [3.8, 4) is 48.1 Å². The standard InChI is InChI=1S/C20H22O.C20H20O.C20H18O.C19H22O.C19H20O.C18H22O.12C2H6/c3*1-17(19-9-5-3-6-10-19)13-15-21-16-14-18(2)20-11-7-4-8-12-20;2*1-16(18-9-5-3-6-10-18)13-14-20-15-17(2)19-11-7-4-8-12-19;1-15(17-9-5-3-6-10-17)13-19-14-16(2)18-11-7-4-8-12-18;12*1-2/h3-18H,1-2H3;3-13,15,17-18H,1-2H3;3-12,17-18H,1-2H3;3-14,16-17H,15H2,1-2H3;3-12,16-17H,15H2,1-2H3;3-12,15-16H,13-14H2,1-2H3;12*1-2H3/b15-13+,16-14+;15-13+;;14-13+;;;;;;;;;;;;;;. The highest BCUT2D eigenvalue weighted by Crippen LogP contribution is 2.25. The molecule has 0 amide bonds. The third-order valence-corrected chi connectivity index (χ3v) is 20.5. The first kappa shape index (κ1) is 143. The van der Waals surface area contributed by atoms with Gasteiger partial charge in [-0.1, -0.05) is 609 Å². The number of hydrogen-bond acceptors (Lipinski definition) is 6. The van der Waals surface area contributed by atoms with Gasteiger partial charge in [-0.25, -0.2) is 0 Å². The normalized spacial score (nSPS) is 11.7. The number of rotatable bonds is 28. The SMILES string of the molecule is CC.CC.CC.CC.CC.CC.CC.CC.CC.CC.CC.CC.CC(/C=C/O/C=C/C(C)c1ccccc1)c1ccccc1.CC(/C=C/OCC(C)c1ccccc1)c1ccccc1.CC(C#CO/C=C/C(C)c1ccccc1)c1ccccc1.CC(C#COC#CC(C)c1ccccc1)c1ccccc1.CC(C#COCC(C)c1ccccc1)c1ccccc1.CC(COCC(C)c1ccccc1)c1ccccc1. The molecule has 0 aromatic heterocycles. The molecule has 12 aromatic rings. The van der Waals surface area contributed by atoms with Crippen molar-refractivity contribution in [2.75, 3.05) is 26.4 Å². The minimum absolute atomic E-state index is 0.138. The summed E-state index contributed by atoms with van der Waals surface area (Å²) in [6.07, 6.45) is 26.2. The minimum Gasteiger partial charge on any atom is -0.501 e. The predicted octanol–water partition coefficient (Wildman–Crippen LogP) is 41.9. The number of benzene rings is 12. The Morgan fingerprint density at radius 2 is 0.363 bits per heavy atom. The van der Waals surface area contributed by atoms with Crippen LogP contribution in [0, 0.1) is 48.1 Å². The van der Waals surface area contributed by atoms with Crippen molar-refractivity contribution >= 4 is 0 Å². The van der Waals surface area contributed by atoms with Crippen molar-refractivity contribution in [3.05, 3.63) is 480 Å². The van der Waals surface area contributed by atoms with Crippen LogP contribution in [0.5, 0.6) is 0 Å². The van der Waals surface area contributed by atoms with Crippen LogP contribution in [-0.2, 0) is 28.4 Å². The van der Waals surface area contributed by atoms with Crippen LogP contribution < -0.4 is 0 Å². The summed E-state index contributed by atoms with van der Waals surface area (Å²) in [5.41, 5.74) is 15.2. The second-order valence-electron chi connectivity index (χ2n) is 30.4. The van der Waals surface area contributed by atoms with E-state index in [0.717, 1.165) is 13.2 Å². The molecule has 0 saturated carbocycles. The highest BCUT2D eigenvalue weighted by atomic mass is 16.5. The van der Waals surface area contributed by atoms with Gasteiger partial charge in [-0.15, -0.1) is 0 Å². The van der Waals surface area contributed by atoms with Crippen molar-refractivity contribution in [3.63, 3.8) is 0 Å². The zero-order valence-corrected chi connectivity index (χ0v) is 97.5. The van der Waals surface area contributed by atoms with E-state index in [1.807, 2.05) is 314 Å². The summed E-state index contributed by atoms with van der Waals surface area (Å²) in [6.45, 7) is 76.5. The second-order valence-corrected chi connectivity index (χ2v) is 30.4. The number of ether oxygens (including phenoxy) is 6. The Labute approximate surface area is 897 Å². The van der Waals surface area contributed by atoms with Crippen LogP contribution in [0.4, 0.5) is 0 Å². The third kappa shape index (κ3) is 72.1. The van der Waals surface area contributed by atoms with Gasteiger partial charge in [0.25, 0.3) is 0 Å². The molecule has 12 unspecified atom stereocenters. The molecule has 0 N–H and O–H groups in total. The van der Waals surface area contributed by atoms with Gasteiger partial charge in [-0.3, -0.25) is 0 Å². The molecular formula is C140H196O6. The van der Waals surface area contributed by atoms with Gasteiger partial charge in [-0.05, 0) is 119 Å². The van der Waals surface area contributed by atoms with Crippen LogP contribution >= 0.6 is 0 Å². The van der Waals surface area contributed by atoms with Gasteiger partial charge in [0.1, 0.15) is 37.3 Å². The Hall–Kier alpha value is -13.2. The summed E-state index contributed by atoms with van der Waals surface area (Å²) in [7, 11) is 0. The van der Waals surface area contributed by atoms with E-state index in [9.17, 15) is 0 Å². The van der Waals surface area contributed by atoms with Crippen molar-refractivity contribution in [1.82, 2.24) is 0 Å². The molecular weight excluding hydrogens is 1780 g/mol. The van der Waals surface area contributed by atoms with Gasteiger partial charge in [0.05, 0.1) is 38.6 Å². The van der Waals surface area contributed by atoms with E-state index < -0.39 is 0 Å². The Bertz CT molecular complexity index is 4920. The van der Waals surface area contributed by atoms with Crippen molar-refractivity contribution in [2.45, 2.75) is 320 Å². The van der Waals surface area contributed by atoms with E-state index in [-0.39, 0.29) is 23.7 Å². The van der Waals surface area contributed by atoms with E-state index >= 15 is 0 Å². The molecule has 0 fully saturated rings. The highest BCUT2D eigenvalue weighted by Gasteiger charge is 2.12. The van der Waals surface area contributed by atoms with Crippen molar-refractivity contribution in [1.29, 1.82) is 0 Å². The lowest BCUT2D eigenvalue weighted by molar-refractivity contribution is 0.113. The zero-order valence-electron chi connectivity index (χ0n) is 97.5. The number of allylic oxidation sites excluding steroid dienone is 4. The summed E-state index contributed by atoms with van der Waals surface area (Å²) in [4.78, 5) is 0. The first-order valence-electron chi connectivity index (χ1n) is 54.7. The molecule has 12 atom stereocenters. The van der Waals surface area contributed by atoms with E-state index in [4.69, 9.17) is 28.4 Å². The topological polar surface area (TPSA) is 55.4 Å². The molecule has 792 valence electrons. The van der Waals surface area contributed by atoms with E-state index in [1.54, 1.807) is 18.8 Å². The van der Waals surface area contributed by atoms with Gasteiger partial charge in [-0.2, -0.15) is 0 Å². The summed E-state index contributed by atoms with van der Waals surface area (Å²) in [6, 6.07) is 124. The summed E-state index contributed by atoms with van der Waals surface area (Å²) in [5.74, 6) is 16.0. The summed E-state index contributed by atoms with van der Waals surface area (Å²) < 4.78 is 32.8. The van der Waals surface area contributed by atoms with Crippen LogP contribution in [0.25, 0.3) is 0 Å². The van der Waals surface area contributed by atoms with Crippen molar-refractivity contribution in [2.24, 2.45) is 0 Å². The third-order valence-electron chi connectivity index (χ3n) is 20.5.